The van der Waals surface area contributed by atoms with E-state index in [1.807, 2.05) is 0 Å². The van der Waals surface area contributed by atoms with Gasteiger partial charge in [0, 0.05) is 0 Å². The first-order valence-electron chi connectivity index (χ1n) is 6.17. The van der Waals surface area contributed by atoms with Gasteiger partial charge in [-0.1, -0.05) is 0 Å². The Kier molecular flexibility index (Phi) is 5.48. The van der Waals surface area contributed by atoms with Gasteiger partial charge < -0.3 is 9.47 Å². The van der Waals surface area contributed by atoms with E-state index >= 15 is 0 Å². The number of rotatable bonds is 7. The Bertz CT molecular complexity index is 530. The second kappa shape index (κ2) is 6.18. The molecule has 0 bridgehead atoms. The molecular formula is C10H5F15O2. The van der Waals surface area contributed by atoms with Crippen LogP contribution in [0.5, 0.6) is 0 Å². The van der Waals surface area contributed by atoms with Crippen molar-refractivity contribution in [3.8, 4) is 0 Å². The van der Waals surface area contributed by atoms with Crippen LogP contribution in [-0.2, 0) is 9.47 Å². The normalized spacial score (nSPS) is 20.8. The first-order valence-corrected chi connectivity index (χ1v) is 6.17. The lowest BCUT2D eigenvalue weighted by molar-refractivity contribution is -0.476. The molecule has 1 unspecified atom stereocenters. The largest absolute Gasteiger partial charge is 0.438 e. The molecule has 0 aliphatic carbocycles. The van der Waals surface area contributed by atoms with Crippen molar-refractivity contribution in [2.24, 2.45) is 0 Å². The maximum Gasteiger partial charge on any atom is 0.438 e. The lowest BCUT2D eigenvalue weighted by Gasteiger charge is -2.42. The second-order valence-electron chi connectivity index (χ2n) is 5.16. The predicted octanol–water partition coefficient (Wildman–Crippen LogP) is 4.73. The molecular weight excluding hydrogens is 437 g/mol. The predicted molar refractivity (Wildman–Crippen MR) is 51.4 cm³/mol. The van der Waals surface area contributed by atoms with Crippen LogP contribution in [0, 0.1) is 0 Å². The topological polar surface area (TPSA) is 21.8 Å². The Balaban J connectivity index is 3.46. The van der Waals surface area contributed by atoms with Crippen molar-refractivity contribution >= 4 is 0 Å². The zero-order valence-corrected chi connectivity index (χ0v) is 12.0. The van der Waals surface area contributed by atoms with Crippen molar-refractivity contribution in [2.45, 2.75) is 48.0 Å². The van der Waals surface area contributed by atoms with E-state index in [-0.39, 0.29) is 0 Å². The molecule has 1 aliphatic rings. The van der Waals surface area contributed by atoms with Gasteiger partial charge in [-0.05, 0) is 0 Å². The number of alkyl halides is 15. The van der Waals surface area contributed by atoms with Gasteiger partial charge in [-0.25, -0.2) is 4.39 Å². The molecule has 1 rings (SSSR count). The SMILES string of the molecule is FC(F)(F)C(F)(C(F)(F)F)C(F)(F)C(F)(F)C(F)(F)C(F)(F)OCC1CO1. The van der Waals surface area contributed by atoms with Gasteiger partial charge in [0.15, 0.2) is 0 Å². The number of hydrogen-bond acceptors (Lipinski definition) is 2. The van der Waals surface area contributed by atoms with E-state index in [1.165, 1.54) is 0 Å². The maximum atomic E-state index is 13.2. The van der Waals surface area contributed by atoms with E-state index in [0.29, 0.717) is 0 Å². The molecule has 0 spiro atoms. The van der Waals surface area contributed by atoms with Crippen LogP contribution in [-0.4, -0.2) is 61.2 Å². The third kappa shape index (κ3) is 3.40. The summed E-state index contributed by atoms with van der Waals surface area (Å²) < 4.78 is 199. The van der Waals surface area contributed by atoms with Crippen molar-refractivity contribution in [1.82, 2.24) is 0 Å². The Labute approximate surface area is 138 Å². The van der Waals surface area contributed by atoms with Crippen LogP contribution in [0.15, 0.2) is 0 Å². The summed E-state index contributed by atoms with van der Waals surface area (Å²) in [6, 6.07) is 0. The summed E-state index contributed by atoms with van der Waals surface area (Å²) in [6.45, 7) is -2.08. The Morgan fingerprint density at radius 1 is 0.630 bits per heavy atom. The van der Waals surface area contributed by atoms with Gasteiger partial charge in [0.05, 0.1) is 13.2 Å². The number of epoxide rings is 1. The van der Waals surface area contributed by atoms with E-state index in [1.54, 1.807) is 0 Å². The van der Waals surface area contributed by atoms with E-state index in [2.05, 4.69) is 9.47 Å². The lowest BCUT2D eigenvalue weighted by Crippen LogP contribution is -2.75. The summed E-state index contributed by atoms with van der Waals surface area (Å²) in [7, 11) is 0. The number of halogens is 15. The molecule has 0 amide bonds. The molecule has 2 nitrogen and oxygen atoms in total. The summed E-state index contributed by atoms with van der Waals surface area (Å²) in [5, 5.41) is 0. The summed E-state index contributed by atoms with van der Waals surface area (Å²) in [4.78, 5) is 0. The molecule has 1 atom stereocenters. The monoisotopic (exact) mass is 442 g/mol. The highest BCUT2D eigenvalue weighted by atomic mass is 19.4. The highest BCUT2D eigenvalue weighted by molar-refractivity contribution is 5.15. The van der Waals surface area contributed by atoms with E-state index in [9.17, 15) is 65.9 Å². The first kappa shape index (κ1) is 23.9. The highest BCUT2D eigenvalue weighted by Crippen LogP contribution is 2.63. The quantitative estimate of drug-likeness (QED) is 0.420. The van der Waals surface area contributed by atoms with Crippen molar-refractivity contribution in [3.63, 3.8) is 0 Å². The van der Waals surface area contributed by atoms with Crippen LogP contribution in [0.25, 0.3) is 0 Å². The maximum absolute atomic E-state index is 13.2. The zero-order chi connectivity index (χ0) is 21.9. The van der Waals surface area contributed by atoms with Gasteiger partial charge in [-0.3, -0.25) is 0 Å². The first-order chi connectivity index (χ1) is 11.6. The van der Waals surface area contributed by atoms with Crippen LogP contribution < -0.4 is 0 Å². The van der Waals surface area contributed by atoms with Gasteiger partial charge in [-0.15, -0.1) is 0 Å². The summed E-state index contributed by atoms with van der Waals surface area (Å²) in [5.41, 5.74) is -8.30. The fourth-order valence-electron chi connectivity index (χ4n) is 1.57. The minimum Gasteiger partial charge on any atom is -0.371 e. The van der Waals surface area contributed by atoms with Crippen LogP contribution >= 0.6 is 0 Å². The summed E-state index contributed by atoms with van der Waals surface area (Å²) in [6.07, 6.45) is -24.0. The van der Waals surface area contributed by atoms with Crippen LogP contribution in [0.3, 0.4) is 0 Å². The molecule has 0 radical (unpaired) electrons. The molecule has 162 valence electrons. The fraction of sp³-hybridized carbons (Fsp3) is 1.00. The second-order valence-corrected chi connectivity index (χ2v) is 5.16. The van der Waals surface area contributed by atoms with Crippen molar-refractivity contribution in [2.75, 3.05) is 13.2 Å². The molecule has 0 aromatic rings. The third-order valence-corrected chi connectivity index (χ3v) is 3.22. The van der Waals surface area contributed by atoms with Crippen LogP contribution in [0.1, 0.15) is 0 Å². The smallest absolute Gasteiger partial charge is 0.371 e. The van der Waals surface area contributed by atoms with Crippen molar-refractivity contribution in [3.05, 3.63) is 0 Å². The molecule has 0 saturated carbocycles. The average Bonchev–Trinajstić information content (AvgIpc) is 3.25. The summed E-state index contributed by atoms with van der Waals surface area (Å²) >= 11 is 0. The van der Waals surface area contributed by atoms with Gasteiger partial charge in [-0.2, -0.15) is 61.5 Å². The Morgan fingerprint density at radius 3 is 1.30 bits per heavy atom. The zero-order valence-electron chi connectivity index (χ0n) is 12.0. The van der Waals surface area contributed by atoms with E-state index < -0.39 is 61.2 Å². The Morgan fingerprint density at radius 2 is 1.00 bits per heavy atom. The molecule has 1 heterocycles. The van der Waals surface area contributed by atoms with Crippen LogP contribution in [0.2, 0.25) is 0 Å². The Hall–Kier alpha value is -1.13. The number of ether oxygens (including phenoxy) is 2. The van der Waals surface area contributed by atoms with Gasteiger partial charge in [0.25, 0.3) is 0 Å². The molecule has 1 fully saturated rings. The molecule has 1 saturated heterocycles. The lowest BCUT2D eigenvalue weighted by atomic mass is 9.87. The van der Waals surface area contributed by atoms with Crippen LogP contribution in [0.4, 0.5) is 65.9 Å². The third-order valence-electron chi connectivity index (χ3n) is 3.22. The fourth-order valence-corrected chi connectivity index (χ4v) is 1.57. The van der Waals surface area contributed by atoms with Crippen molar-refractivity contribution in [1.29, 1.82) is 0 Å². The molecule has 0 N–H and O–H groups in total. The summed E-state index contributed by atoms with van der Waals surface area (Å²) in [5.74, 6) is -24.3. The minimum absolute atomic E-state index is 0.427. The van der Waals surface area contributed by atoms with Gasteiger partial charge in [0.2, 0.25) is 0 Å². The molecule has 0 aromatic heterocycles. The van der Waals surface area contributed by atoms with Crippen molar-refractivity contribution < 1.29 is 75.3 Å². The molecule has 17 heteroatoms. The standard InChI is InChI=1S/C10H5F15O2/c11-4(8(18,19)20,9(21,22)23)5(12,13)6(14,15)7(16,17)10(24,25)27-2-3-1-26-3/h3H,1-2H2. The average molecular weight is 442 g/mol. The van der Waals surface area contributed by atoms with E-state index in [0.717, 1.165) is 0 Å². The molecule has 1 aliphatic heterocycles. The highest BCUT2D eigenvalue weighted by Gasteiger charge is 2.96. The molecule has 0 aromatic carbocycles. The van der Waals surface area contributed by atoms with E-state index in [4.69, 9.17) is 0 Å². The molecule has 27 heavy (non-hydrogen) atoms. The number of hydrogen-bond donors (Lipinski definition) is 0. The van der Waals surface area contributed by atoms with Gasteiger partial charge >= 0.3 is 41.9 Å². The minimum atomic E-state index is -8.43. The van der Waals surface area contributed by atoms with Gasteiger partial charge in [0.1, 0.15) is 6.10 Å².